The van der Waals surface area contributed by atoms with Crippen molar-refractivity contribution in [1.82, 2.24) is 9.97 Å². The molecule has 1 heterocycles. The minimum atomic E-state index is -3.28. The van der Waals surface area contributed by atoms with Crippen LogP contribution in [0.4, 0.5) is 0 Å². The van der Waals surface area contributed by atoms with Crippen molar-refractivity contribution < 1.29 is 8.42 Å². The Labute approximate surface area is 93.4 Å². The van der Waals surface area contributed by atoms with Gasteiger partial charge in [0.05, 0.1) is 0 Å². The third-order valence-corrected chi connectivity index (χ3v) is 3.21. The number of nitrogens with zero attached hydrogens (tertiary/aromatic N) is 2. The standard InChI is InChI=1S/C8H13N3O2S2/c1-14-8-10-6(3-4-9)5-7(11-8)15(2,12)13/h5H,3-4,9H2,1-2H3. The van der Waals surface area contributed by atoms with Gasteiger partial charge in [0.15, 0.2) is 20.0 Å². The lowest BCUT2D eigenvalue weighted by molar-refractivity contribution is 0.595. The normalized spacial score (nSPS) is 11.7. The van der Waals surface area contributed by atoms with Crippen molar-refractivity contribution in [2.45, 2.75) is 16.6 Å². The van der Waals surface area contributed by atoms with Crippen LogP contribution in [0.25, 0.3) is 0 Å². The maximum absolute atomic E-state index is 11.3. The van der Waals surface area contributed by atoms with Crippen LogP contribution >= 0.6 is 11.8 Å². The lowest BCUT2D eigenvalue weighted by Gasteiger charge is -2.04. The molecular weight excluding hydrogens is 234 g/mol. The van der Waals surface area contributed by atoms with Crippen LogP contribution in [0.2, 0.25) is 0 Å². The molecule has 0 amide bonds. The Kier molecular flexibility index (Phi) is 4.06. The van der Waals surface area contributed by atoms with Crippen LogP contribution in [-0.2, 0) is 16.3 Å². The second-order valence-electron chi connectivity index (χ2n) is 3.00. The molecule has 0 aliphatic carbocycles. The van der Waals surface area contributed by atoms with Gasteiger partial charge in [-0.25, -0.2) is 18.4 Å². The Balaban J connectivity index is 3.23. The highest BCUT2D eigenvalue weighted by Crippen LogP contribution is 2.14. The van der Waals surface area contributed by atoms with E-state index in [9.17, 15) is 8.42 Å². The summed E-state index contributed by atoms with van der Waals surface area (Å²) in [7, 11) is -3.28. The molecule has 1 rings (SSSR count). The SMILES string of the molecule is CSc1nc(CCN)cc(S(C)(=O)=O)n1. The van der Waals surface area contributed by atoms with Crippen LogP contribution in [-0.4, -0.2) is 37.4 Å². The molecule has 0 fully saturated rings. The zero-order valence-electron chi connectivity index (χ0n) is 8.60. The van der Waals surface area contributed by atoms with Gasteiger partial charge >= 0.3 is 0 Å². The van der Waals surface area contributed by atoms with Gasteiger partial charge in [0, 0.05) is 18.4 Å². The van der Waals surface area contributed by atoms with Gasteiger partial charge in [0.2, 0.25) is 0 Å². The second-order valence-corrected chi connectivity index (χ2v) is 5.73. The summed E-state index contributed by atoms with van der Waals surface area (Å²) in [5.41, 5.74) is 6.06. The molecule has 1 aromatic rings. The molecule has 15 heavy (non-hydrogen) atoms. The Morgan fingerprint density at radius 3 is 2.60 bits per heavy atom. The second kappa shape index (κ2) is 4.91. The van der Waals surface area contributed by atoms with E-state index in [1.807, 2.05) is 0 Å². The molecule has 7 heteroatoms. The molecule has 0 radical (unpaired) electrons. The van der Waals surface area contributed by atoms with Gasteiger partial charge in [-0.05, 0) is 18.9 Å². The number of aromatic nitrogens is 2. The number of nitrogens with two attached hydrogens (primary N) is 1. The van der Waals surface area contributed by atoms with Crippen molar-refractivity contribution in [2.75, 3.05) is 19.1 Å². The number of rotatable bonds is 4. The van der Waals surface area contributed by atoms with Crippen LogP contribution in [0, 0.1) is 0 Å². The van der Waals surface area contributed by atoms with E-state index in [-0.39, 0.29) is 5.03 Å². The maximum atomic E-state index is 11.3. The number of hydrogen-bond acceptors (Lipinski definition) is 6. The number of sulfone groups is 1. The first-order valence-electron chi connectivity index (χ1n) is 4.29. The van der Waals surface area contributed by atoms with Crippen molar-refractivity contribution >= 4 is 21.6 Å². The lowest BCUT2D eigenvalue weighted by Crippen LogP contribution is -2.09. The molecule has 0 aromatic carbocycles. The first-order chi connectivity index (χ1) is 6.97. The van der Waals surface area contributed by atoms with Gasteiger partial charge in [-0.1, -0.05) is 11.8 Å². The van der Waals surface area contributed by atoms with E-state index >= 15 is 0 Å². The molecule has 84 valence electrons. The van der Waals surface area contributed by atoms with Crippen LogP contribution in [0.1, 0.15) is 5.69 Å². The van der Waals surface area contributed by atoms with E-state index in [0.717, 1.165) is 6.26 Å². The average molecular weight is 247 g/mol. The van der Waals surface area contributed by atoms with E-state index in [1.54, 1.807) is 6.26 Å². The third-order valence-electron chi connectivity index (χ3n) is 1.70. The Hall–Kier alpha value is -0.660. The first-order valence-corrected chi connectivity index (χ1v) is 7.41. The summed E-state index contributed by atoms with van der Waals surface area (Å²) < 4.78 is 22.7. The molecule has 2 N–H and O–H groups in total. The third kappa shape index (κ3) is 3.44. The fourth-order valence-electron chi connectivity index (χ4n) is 1.01. The predicted octanol–water partition coefficient (Wildman–Crippen LogP) is 0.103. The minimum absolute atomic E-state index is 0.0605. The molecule has 0 aliphatic rings. The molecule has 0 saturated carbocycles. The summed E-state index contributed by atoms with van der Waals surface area (Å²) in [4.78, 5) is 8.09. The highest BCUT2D eigenvalue weighted by Gasteiger charge is 2.12. The van der Waals surface area contributed by atoms with Crippen LogP contribution in [0.15, 0.2) is 16.2 Å². The maximum Gasteiger partial charge on any atom is 0.192 e. The van der Waals surface area contributed by atoms with Crippen molar-refractivity contribution in [3.8, 4) is 0 Å². The van der Waals surface area contributed by atoms with Gasteiger partial charge in [-0.15, -0.1) is 0 Å². The summed E-state index contributed by atoms with van der Waals surface area (Å²) >= 11 is 1.31. The Morgan fingerprint density at radius 2 is 2.13 bits per heavy atom. The highest BCUT2D eigenvalue weighted by molar-refractivity contribution is 7.98. The van der Waals surface area contributed by atoms with Gasteiger partial charge in [-0.3, -0.25) is 0 Å². The minimum Gasteiger partial charge on any atom is -0.330 e. The fourth-order valence-corrected chi connectivity index (χ4v) is 2.06. The van der Waals surface area contributed by atoms with Gasteiger partial charge < -0.3 is 5.73 Å². The van der Waals surface area contributed by atoms with E-state index in [4.69, 9.17) is 5.73 Å². The molecule has 0 spiro atoms. The Bertz CT molecular complexity index is 445. The number of thioether (sulfide) groups is 1. The predicted molar refractivity (Wildman–Crippen MR) is 59.7 cm³/mol. The number of hydrogen-bond donors (Lipinski definition) is 1. The monoisotopic (exact) mass is 247 g/mol. The van der Waals surface area contributed by atoms with Crippen LogP contribution in [0.3, 0.4) is 0 Å². The fraction of sp³-hybridized carbons (Fsp3) is 0.500. The van der Waals surface area contributed by atoms with Crippen LogP contribution < -0.4 is 5.73 Å². The topological polar surface area (TPSA) is 85.9 Å². The summed E-state index contributed by atoms with van der Waals surface area (Å²) in [5.74, 6) is 0. The zero-order chi connectivity index (χ0) is 11.5. The van der Waals surface area contributed by atoms with E-state index in [1.165, 1.54) is 17.8 Å². The summed E-state index contributed by atoms with van der Waals surface area (Å²) in [5, 5.41) is 0.520. The molecule has 0 bridgehead atoms. The molecular formula is C8H13N3O2S2. The molecule has 0 saturated heterocycles. The van der Waals surface area contributed by atoms with Gasteiger partial charge in [0.25, 0.3) is 0 Å². The molecule has 1 aromatic heterocycles. The average Bonchev–Trinajstić information content (AvgIpc) is 2.16. The summed E-state index contributed by atoms with van der Waals surface area (Å²) in [6.45, 7) is 0.439. The summed E-state index contributed by atoms with van der Waals surface area (Å²) in [6.07, 6.45) is 3.48. The van der Waals surface area contributed by atoms with E-state index in [0.29, 0.717) is 23.8 Å². The van der Waals surface area contributed by atoms with Crippen molar-refractivity contribution in [3.05, 3.63) is 11.8 Å². The molecule has 0 aliphatic heterocycles. The quantitative estimate of drug-likeness (QED) is 0.461. The molecule has 0 atom stereocenters. The summed E-state index contributed by atoms with van der Waals surface area (Å²) in [6, 6.07) is 1.47. The zero-order valence-corrected chi connectivity index (χ0v) is 10.2. The lowest BCUT2D eigenvalue weighted by atomic mass is 10.3. The van der Waals surface area contributed by atoms with Gasteiger partial charge in [0.1, 0.15) is 0 Å². The first kappa shape index (κ1) is 12.4. The highest BCUT2D eigenvalue weighted by atomic mass is 32.2. The molecule has 0 unspecified atom stereocenters. The van der Waals surface area contributed by atoms with E-state index in [2.05, 4.69) is 9.97 Å². The Morgan fingerprint density at radius 1 is 1.47 bits per heavy atom. The van der Waals surface area contributed by atoms with Crippen molar-refractivity contribution in [1.29, 1.82) is 0 Å². The largest absolute Gasteiger partial charge is 0.330 e. The van der Waals surface area contributed by atoms with Crippen molar-refractivity contribution in [2.24, 2.45) is 5.73 Å². The smallest absolute Gasteiger partial charge is 0.192 e. The van der Waals surface area contributed by atoms with Crippen LogP contribution in [0.5, 0.6) is 0 Å². The van der Waals surface area contributed by atoms with Gasteiger partial charge in [-0.2, -0.15) is 0 Å². The van der Waals surface area contributed by atoms with Crippen molar-refractivity contribution in [3.63, 3.8) is 0 Å². The van der Waals surface area contributed by atoms with E-state index < -0.39 is 9.84 Å². The molecule has 5 nitrogen and oxygen atoms in total.